The number of hydrogen-bond donors (Lipinski definition) is 2. The summed E-state index contributed by atoms with van der Waals surface area (Å²) in [5.74, 6) is 2.68. The monoisotopic (exact) mass is 296 g/mol. The average Bonchev–Trinajstić information content (AvgIpc) is 2.49. The molecule has 1 aromatic rings. The molecule has 21 heavy (non-hydrogen) atoms. The summed E-state index contributed by atoms with van der Waals surface area (Å²) in [5, 5.41) is 6.80. The van der Waals surface area contributed by atoms with Crippen molar-refractivity contribution in [1.29, 1.82) is 0 Å². The Labute approximate surface area is 128 Å². The summed E-state index contributed by atoms with van der Waals surface area (Å²) < 4.78 is 16.0. The molecule has 2 N–H and O–H groups in total. The van der Waals surface area contributed by atoms with Crippen LogP contribution in [0.1, 0.15) is 19.4 Å². The first kappa shape index (κ1) is 17.6. The van der Waals surface area contributed by atoms with Crippen molar-refractivity contribution in [2.75, 3.05) is 41.0 Å². The number of ether oxygens (including phenoxy) is 3. The van der Waals surface area contributed by atoms with Gasteiger partial charge >= 0.3 is 0 Å². The van der Waals surface area contributed by atoms with Crippen LogP contribution in [0, 0.1) is 5.92 Å². The molecule has 0 aromatic heterocycles. The van der Waals surface area contributed by atoms with E-state index < -0.39 is 0 Å². The van der Waals surface area contributed by atoms with Crippen molar-refractivity contribution in [2.24, 2.45) is 5.92 Å². The third-order valence-corrected chi connectivity index (χ3v) is 3.08. The van der Waals surface area contributed by atoms with E-state index in [2.05, 4.69) is 24.5 Å². The van der Waals surface area contributed by atoms with E-state index >= 15 is 0 Å². The predicted octanol–water partition coefficient (Wildman–Crippen LogP) is 2.05. The molecule has 0 saturated carbocycles. The summed E-state index contributed by atoms with van der Waals surface area (Å²) in [7, 11) is 4.87. The van der Waals surface area contributed by atoms with Crippen molar-refractivity contribution in [3.05, 3.63) is 17.7 Å². The van der Waals surface area contributed by atoms with Crippen LogP contribution in [0.2, 0.25) is 0 Å². The van der Waals surface area contributed by atoms with Gasteiger partial charge in [0.15, 0.2) is 11.5 Å². The first-order chi connectivity index (χ1) is 10.1. The summed E-state index contributed by atoms with van der Waals surface area (Å²) in [4.78, 5) is 0. The second kappa shape index (κ2) is 9.47. The highest BCUT2D eigenvalue weighted by Crippen LogP contribution is 2.38. The summed E-state index contributed by atoms with van der Waals surface area (Å²) in [5.41, 5.74) is 1.10. The lowest BCUT2D eigenvalue weighted by Crippen LogP contribution is -2.29. The number of methoxy groups -OCH3 is 3. The maximum Gasteiger partial charge on any atom is 0.203 e. The zero-order chi connectivity index (χ0) is 15.7. The largest absolute Gasteiger partial charge is 0.493 e. The van der Waals surface area contributed by atoms with Crippen molar-refractivity contribution < 1.29 is 14.2 Å². The van der Waals surface area contributed by atoms with E-state index in [1.54, 1.807) is 21.3 Å². The zero-order valence-corrected chi connectivity index (χ0v) is 13.8. The minimum atomic E-state index is 0.627. The van der Waals surface area contributed by atoms with Crippen molar-refractivity contribution in [1.82, 2.24) is 10.6 Å². The normalized spacial score (nSPS) is 10.8. The van der Waals surface area contributed by atoms with Gasteiger partial charge in [-0.05, 0) is 30.2 Å². The lowest BCUT2D eigenvalue weighted by Gasteiger charge is -2.14. The highest BCUT2D eigenvalue weighted by atomic mass is 16.5. The SMILES string of the molecule is COc1cc(CNCCNCC(C)C)cc(OC)c1OC. The van der Waals surface area contributed by atoms with E-state index in [-0.39, 0.29) is 0 Å². The molecule has 0 spiro atoms. The second-order valence-electron chi connectivity index (χ2n) is 5.31. The molecule has 0 fully saturated rings. The molecule has 0 amide bonds. The Morgan fingerprint density at radius 2 is 1.48 bits per heavy atom. The third-order valence-electron chi connectivity index (χ3n) is 3.08. The van der Waals surface area contributed by atoms with Crippen LogP contribution in [0.15, 0.2) is 12.1 Å². The number of nitrogens with one attached hydrogen (secondary N) is 2. The van der Waals surface area contributed by atoms with Gasteiger partial charge in [0.05, 0.1) is 21.3 Å². The van der Waals surface area contributed by atoms with Crippen molar-refractivity contribution >= 4 is 0 Å². The summed E-state index contributed by atoms with van der Waals surface area (Å²) >= 11 is 0. The van der Waals surface area contributed by atoms with Gasteiger partial charge in [0.1, 0.15) is 0 Å². The summed E-state index contributed by atoms with van der Waals surface area (Å²) in [6.45, 7) is 8.10. The molecule has 120 valence electrons. The molecule has 0 atom stereocenters. The van der Waals surface area contributed by atoms with Gasteiger partial charge in [0, 0.05) is 19.6 Å². The third kappa shape index (κ3) is 5.81. The Morgan fingerprint density at radius 3 is 1.95 bits per heavy atom. The molecule has 0 aliphatic heterocycles. The fraction of sp³-hybridized carbons (Fsp3) is 0.625. The topological polar surface area (TPSA) is 51.8 Å². The molecular weight excluding hydrogens is 268 g/mol. The molecule has 0 unspecified atom stereocenters. The maximum atomic E-state index is 5.35. The summed E-state index contributed by atoms with van der Waals surface area (Å²) in [6.07, 6.45) is 0. The van der Waals surface area contributed by atoms with Crippen molar-refractivity contribution in [3.8, 4) is 17.2 Å². The number of benzene rings is 1. The van der Waals surface area contributed by atoms with Crippen LogP contribution < -0.4 is 24.8 Å². The van der Waals surface area contributed by atoms with Crippen LogP contribution in [0.25, 0.3) is 0 Å². The first-order valence-corrected chi connectivity index (χ1v) is 7.32. The van der Waals surface area contributed by atoms with E-state index in [1.165, 1.54) is 0 Å². The average molecular weight is 296 g/mol. The van der Waals surface area contributed by atoms with E-state index in [9.17, 15) is 0 Å². The van der Waals surface area contributed by atoms with Crippen molar-refractivity contribution in [3.63, 3.8) is 0 Å². The molecule has 5 heteroatoms. The number of rotatable bonds is 10. The van der Waals surface area contributed by atoms with Gasteiger partial charge in [0.2, 0.25) is 5.75 Å². The van der Waals surface area contributed by atoms with Gasteiger partial charge in [-0.2, -0.15) is 0 Å². The smallest absolute Gasteiger partial charge is 0.203 e. The summed E-state index contributed by atoms with van der Waals surface area (Å²) in [6, 6.07) is 3.94. The van der Waals surface area contributed by atoms with Gasteiger partial charge in [-0.3, -0.25) is 0 Å². The quantitative estimate of drug-likeness (QED) is 0.647. The standard InChI is InChI=1S/C16H28N2O3/c1-12(2)10-17-6-7-18-11-13-8-14(19-3)16(21-5)15(9-13)20-4/h8-9,12,17-18H,6-7,10-11H2,1-5H3. The van der Waals surface area contributed by atoms with Crippen LogP contribution in [-0.4, -0.2) is 41.0 Å². The van der Waals surface area contributed by atoms with Gasteiger partial charge in [-0.15, -0.1) is 0 Å². The Balaban J connectivity index is 2.51. The molecule has 0 aliphatic rings. The highest BCUT2D eigenvalue weighted by molar-refractivity contribution is 5.53. The minimum Gasteiger partial charge on any atom is -0.493 e. The second-order valence-corrected chi connectivity index (χ2v) is 5.31. The first-order valence-electron chi connectivity index (χ1n) is 7.32. The molecule has 1 rings (SSSR count). The Bertz CT molecular complexity index is 397. The van der Waals surface area contributed by atoms with E-state index in [0.29, 0.717) is 23.2 Å². The van der Waals surface area contributed by atoms with Crippen LogP contribution in [0.3, 0.4) is 0 Å². The van der Waals surface area contributed by atoms with Gasteiger partial charge in [0.25, 0.3) is 0 Å². The van der Waals surface area contributed by atoms with E-state index in [0.717, 1.165) is 31.7 Å². The van der Waals surface area contributed by atoms with E-state index in [1.807, 2.05) is 12.1 Å². The Hall–Kier alpha value is -1.46. The number of hydrogen-bond acceptors (Lipinski definition) is 5. The molecule has 0 heterocycles. The van der Waals surface area contributed by atoms with Gasteiger partial charge < -0.3 is 24.8 Å². The van der Waals surface area contributed by atoms with Gasteiger partial charge in [-0.1, -0.05) is 13.8 Å². The molecule has 0 radical (unpaired) electrons. The fourth-order valence-electron chi connectivity index (χ4n) is 2.04. The Morgan fingerprint density at radius 1 is 0.905 bits per heavy atom. The molecular formula is C16H28N2O3. The van der Waals surface area contributed by atoms with Gasteiger partial charge in [-0.25, -0.2) is 0 Å². The van der Waals surface area contributed by atoms with Crippen LogP contribution in [-0.2, 0) is 6.54 Å². The lowest BCUT2D eigenvalue weighted by molar-refractivity contribution is 0.323. The fourth-order valence-corrected chi connectivity index (χ4v) is 2.04. The molecule has 0 aliphatic carbocycles. The molecule has 5 nitrogen and oxygen atoms in total. The van der Waals surface area contributed by atoms with Crippen LogP contribution in [0.5, 0.6) is 17.2 Å². The predicted molar refractivity (Wildman–Crippen MR) is 85.5 cm³/mol. The minimum absolute atomic E-state index is 0.627. The van der Waals surface area contributed by atoms with Crippen molar-refractivity contribution in [2.45, 2.75) is 20.4 Å². The molecule has 1 aromatic carbocycles. The maximum absolute atomic E-state index is 5.35. The Kier molecular flexibility index (Phi) is 7.93. The van der Waals surface area contributed by atoms with Crippen LogP contribution in [0.4, 0.5) is 0 Å². The zero-order valence-electron chi connectivity index (χ0n) is 13.8. The van der Waals surface area contributed by atoms with E-state index in [4.69, 9.17) is 14.2 Å². The lowest BCUT2D eigenvalue weighted by atomic mass is 10.1. The molecule has 0 saturated heterocycles. The molecule has 0 bridgehead atoms. The highest BCUT2D eigenvalue weighted by Gasteiger charge is 2.12. The van der Waals surface area contributed by atoms with Crippen LogP contribution >= 0.6 is 0 Å².